The van der Waals surface area contributed by atoms with Gasteiger partial charge in [-0.05, 0) is 47.1 Å². The average Bonchev–Trinajstić information content (AvgIpc) is 3.23. The molecular formula is C24H23ClF4O2. The molecule has 1 unspecified atom stereocenters. The van der Waals surface area contributed by atoms with E-state index in [0.29, 0.717) is 17.5 Å². The van der Waals surface area contributed by atoms with Gasteiger partial charge in [0.15, 0.2) is 0 Å². The highest BCUT2D eigenvalue weighted by Crippen LogP contribution is 2.60. The van der Waals surface area contributed by atoms with Gasteiger partial charge in [0.2, 0.25) is 0 Å². The second-order valence-electron chi connectivity index (χ2n) is 8.43. The highest BCUT2D eigenvalue weighted by Gasteiger charge is 2.62. The number of hydrogen-bond donors (Lipinski definition) is 0. The number of benzene rings is 2. The lowest BCUT2D eigenvalue weighted by Gasteiger charge is -2.16. The standard InChI is InChI=1S/C24H23ClF4O2/c1-14(16-9-10-19(26)17(12-16)11-15-7-5-4-6-8-15)31-22(30)21-18(23(21,2)3)13-20(25)24(27,28)29/h4-10,12-14,18,21H,11H2,1-3H3/t14?,18-,21-/m0/s1. The molecule has 0 N–H and O–H groups in total. The van der Waals surface area contributed by atoms with Crippen LogP contribution in [0.25, 0.3) is 0 Å². The van der Waals surface area contributed by atoms with Crippen LogP contribution in [0.15, 0.2) is 59.6 Å². The minimum absolute atomic E-state index is 0.360. The molecule has 0 saturated heterocycles. The van der Waals surface area contributed by atoms with Crippen LogP contribution in [0.2, 0.25) is 0 Å². The van der Waals surface area contributed by atoms with Crippen LogP contribution in [-0.2, 0) is 16.0 Å². The van der Waals surface area contributed by atoms with Crippen molar-refractivity contribution < 1.29 is 27.1 Å². The van der Waals surface area contributed by atoms with E-state index in [1.54, 1.807) is 26.8 Å². The van der Waals surface area contributed by atoms with Crippen LogP contribution in [0.3, 0.4) is 0 Å². The summed E-state index contributed by atoms with van der Waals surface area (Å²) in [6.45, 7) is 5.04. The molecule has 1 fully saturated rings. The maximum absolute atomic E-state index is 14.3. The van der Waals surface area contributed by atoms with Crippen LogP contribution < -0.4 is 0 Å². The Balaban J connectivity index is 1.71. The normalized spacial score (nSPS) is 21.5. The summed E-state index contributed by atoms with van der Waals surface area (Å²) in [7, 11) is 0. The molecule has 1 aliphatic rings. The molecule has 2 nitrogen and oxygen atoms in total. The minimum atomic E-state index is -4.65. The maximum atomic E-state index is 14.3. The summed E-state index contributed by atoms with van der Waals surface area (Å²) in [4.78, 5) is 12.6. The zero-order valence-electron chi connectivity index (χ0n) is 17.3. The zero-order valence-corrected chi connectivity index (χ0v) is 18.1. The van der Waals surface area contributed by atoms with E-state index in [9.17, 15) is 22.4 Å². The first-order valence-electron chi connectivity index (χ1n) is 9.88. The summed E-state index contributed by atoms with van der Waals surface area (Å²) < 4.78 is 58.0. The summed E-state index contributed by atoms with van der Waals surface area (Å²) in [5, 5.41) is -1.24. The van der Waals surface area contributed by atoms with Crippen molar-refractivity contribution in [3.05, 3.63) is 82.1 Å². The maximum Gasteiger partial charge on any atom is 0.426 e. The molecule has 0 amide bonds. The first-order chi connectivity index (χ1) is 14.4. The molecule has 0 heterocycles. The van der Waals surface area contributed by atoms with Crippen molar-refractivity contribution >= 4 is 17.6 Å². The van der Waals surface area contributed by atoms with Gasteiger partial charge >= 0.3 is 12.1 Å². The van der Waals surface area contributed by atoms with Crippen LogP contribution in [-0.4, -0.2) is 12.1 Å². The van der Waals surface area contributed by atoms with E-state index in [-0.39, 0.29) is 5.82 Å². The van der Waals surface area contributed by atoms with E-state index in [4.69, 9.17) is 16.3 Å². The molecule has 3 rings (SSSR count). The van der Waals surface area contributed by atoms with Gasteiger partial charge in [0.1, 0.15) is 17.0 Å². The third-order valence-electron chi connectivity index (χ3n) is 5.83. The van der Waals surface area contributed by atoms with Crippen molar-refractivity contribution in [2.75, 3.05) is 0 Å². The van der Waals surface area contributed by atoms with Crippen molar-refractivity contribution in [2.45, 2.75) is 39.5 Å². The van der Waals surface area contributed by atoms with E-state index < -0.39 is 40.5 Å². The molecule has 0 bridgehead atoms. The van der Waals surface area contributed by atoms with Gasteiger partial charge in [0.05, 0.1) is 5.92 Å². The summed E-state index contributed by atoms with van der Waals surface area (Å²) in [6, 6.07) is 13.9. The quantitative estimate of drug-likeness (QED) is 0.347. The predicted octanol–water partition coefficient (Wildman–Crippen LogP) is 6.98. The largest absolute Gasteiger partial charge is 0.458 e. The number of carbonyl (C=O) groups excluding carboxylic acids is 1. The van der Waals surface area contributed by atoms with Gasteiger partial charge in [0, 0.05) is 6.42 Å². The number of rotatable bonds is 6. The SMILES string of the molecule is CC(OC(=O)[C@@H]1[C@H](C=C(Cl)C(F)(F)F)C1(C)C)c1ccc(F)c(Cc2ccccc2)c1. The third-order valence-corrected chi connectivity index (χ3v) is 6.17. The molecule has 7 heteroatoms. The van der Waals surface area contributed by atoms with Gasteiger partial charge in [0.25, 0.3) is 0 Å². The van der Waals surface area contributed by atoms with Gasteiger partial charge in [-0.2, -0.15) is 13.2 Å². The highest BCUT2D eigenvalue weighted by molar-refractivity contribution is 6.30. The highest BCUT2D eigenvalue weighted by atomic mass is 35.5. The van der Waals surface area contributed by atoms with Crippen molar-refractivity contribution in [3.8, 4) is 0 Å². The number of allylic oxidation sites excluding steroid dienone is 2. The molecule has 0 aromatic heterocycles. The summed E-state index contributed by atoms with van der Waals surface area (Å²) in [6.07, 6.45) is -4.06. The lowest BCUT2D eigenvalue weighted by molar-refractivity contribution is -0.151. The Labute approximate surface area is 183 Å². The van der Waals surface area contributed by atoms with Gasteiger partial charge in [-0.3, -0.25) is 4.79 Å². The molecule has 1 saturated carbocycles. The van der Waals surface area contributed by atoms with Gasteiger partial charge in [-0.25, -0.2) is 4.39 Å². The van der Waals surface area contributed by atoms with Crippen molar-refractivity contribution in [1.29, 1.82) is 0 Å². The Bertz CT molecular complexity index is 983. The fraction of sp³-hybridized carbons (Fsp3) is 0.375. The summed E-state index contributed by atoms with van der Waals surface area (Å²) in [5.74, 6) is -2.35. The number of ether oxygens (including phenoxy) is 1. The Kier molecular flexibility index (Phi) is 6.51. The monoisotopic (exact) mass is 454 g/mol. The summed E-state index contributed by atoms with van der Waals surface area (Å²) in [5.41, 5.74) is 1.33. The fourth-order valence-corrected chi connectivity index (χ4v) is 3.94. The lowest BCUT2D eigenvalue weighted by atomic mass is 10.0. The third kappa shape index (κ3) is 5.29. The second kappa shape index (κ2) is 8.65. The number of alkyl halides is 3. The second-order valence-corrected chi connectivity index (χ2v) is 8.84. The molecule has 3 atom stereocenters. The predicted molar refractivity (Wildman–Crippen MR) is 111 cm³/mol. The van der Waals surface area contributed by atoms with Crippen LogP contribution in [0.4, 0.5) is 17.6 Å². The number of halogens is 5. The first-order valence-corrected chi connectivity index (χ1v) is 10.3. The Morgan fingerprint density at radius 1 is 1.19 bits per heavy atom. The van der Waals surface area contributed by atoms with Crippen molar-refractivity contribution in [2.24, 2.45) is 17.3 Å². The first kappa shape index (κ1) is 23.3. The van der Waals surface area contributed by atoms with E-state index in [0.717, 1.165) is 11.6 Å². The van der Waals surface area contributed by atoms with E-state index in [2.05, 4.69) is 0 Å². The Morgan fingerprint density at radius 2 is 1.84 bits per heavy atom. The molecule has 2 aromatic carbocycles. The van der Waals surface area contributed by atoms with Crippen LogP contribution in [0.5, 0.6) is 0 Å². The topological polar surface area (TPSA) is 26.3 Å². The van der Waals surface area contributed by atoms with E-state index in [1.165, 1.54) is 12.1 Å². The van der Waals surface area contributed by atoms with Crippen LogP contribution >= 0.6 is 11.6 Å². The molecule has 0 radical (unpaired) electrons. The van der Waals surface area contributed by atoms with Crippen LogP contribution in [0.1, 0.15) is 43.6 Å². The zero-order chi connectivity index (χ0) is 23.0. The molecule has 2 aromatic rings. The van der Waals surface area contributed by atoms with Crippen LogP contribution in [0, 0.1) is 23.1 Å². The molecule has 166 valence electrons. The van der Waals surface area contributed by atoms with Gasteiger partial charge < -0.3 is 4.74 Å². The van der Waals surface area contributed by atoms with Crippen molar-refractivity contribution in [1.82, 2.24) is 0 Å². The Hall–Kier alpha value is -2.34. The van der Waals surface area contributed by atoms with E-state index in [1.807, 2.05) is 30.3 Å². The molecule has 0 spiro atoms. The summed E-state index contributed by atoms with van der Waals surface area (Å²) >= 11 is 5.34. The molecular weight excluding hydrogens is 432 g/mol. The average molecular weight is 455 g/mol. The molecule has 31 heavy (non-hydrogen) atoms. The number of hydrogen-bond acceptors (Lipinski definition) is 2. The van der Waals surface area contributed by atoms with E-state index >= 15 is 0 Å². The molecule has 1 aliphatic carbocycles. The molecule has 0 aliphatic heterocycles. The number of carbonyl (C=O) groups is 1. The fourth-order valence-electron chi connectivity index (χ4n) is 3.81. The lowest BCUT2D eigenvalue weighted by Crippen LogP contribution is -2.14. The van der Waals surface area contributed by atoms with Crippen molar-refractivity contribution in [3.63, 3.8) is 0 Å². The smallest absolute Gasteiger partial charge is 0.426 e. The minimum Gasteiger partial charge on any atom is -0.458 e. The van der Waals surface area contributed by atoms with Gasteiger partial charge in [-0.1, -0.05) is 67.9 Å². The Morgan fingerprint density at radius 3 is 2.45 bits per heavy atom. The van der Waals surface area contributed by atoms with Gasteiger partial charge in [-0.15, -0.1) is 0 Å². The number of esters is 1.